The van der Waals surface area contributed by atoms with Crippen LogP contribution in [0.15, 0.2) is 42.1 Å². The van der Waals surface area contributed by atoms with Crippen molar-refractivity contribution in [3.05, 3.63) is 47.7 Å². The van der Waals surface area contributed by atoms with E-state index in [1.165, 1.54) is 20.0 Å². The Morgan fingerprint density at radius 2 is 1.69 bits per heavy atom. The highest BCUT2D eigenvalue weighted by Crippen LogP contribution is 2.50. The zero-order valence-electron chi connectivity index (χ0n) is 28.0. The first-order valence-electron chi connectivity index (χ1n) is 17.1. The van der Waals surface area contributed by atoms with Crippen LogP contribution in [0.3, 0.4) is 0 Å². The van der Waals surface area contributed by atoms with Crippen molar-refractivity contribution in [2.24, 2.45) is 11.3 Å². The number of methoxy groups -OCH3 is 1. The monoisotopic (exact) mass is 628 g/mol. The van der Waals surface area contributed by atoms with Gasteiger partial charge < -0.3 is 29.2 Å². The molecule has 0 aliphatic carbocycles. The Morgan fingerprint density at radius 1 is 0.978 bits per heavy atom. The molecule has 45 heavy (non-hydrogen) atoms. The number of rotatable bonds is 21. The van der Waals surface area contributed by atoms with E-state index in [2.05, 4.69) is 19.2 Å². The summed E-state index contributed by atoms with van der Waals surface area (Å²) in [6.45, 7) is 9.15. The van der Waals surface area contributed by atoms with Gasteiger partial charge in [0.25, 0.3) is 0 Å². The molecule has 1 saturated heterocycles. The lowest BCUT2D eigenvalue weighted by Gasteiger charge is -2.51. The number of benzene rings is 1. The number of hydrogen-bond acceptors (Lipinski definition) is 7. The van der Waals surface area contributed by atoms with Crippen molar-refractivity contribution in [2.75, 3.05) is 40.0 Å². The molecule has 1 aromatic carbocycles. The van der Waals surface area contributed by atoms with Crippen LogP contribution in [0.25, 0.3) is 0 Å². The second-order valence-corrected chi connectivity index (χ2v) is 12.4. The number of hydrogen-bond donors (Lipinski definition) is 1. The van der Waals surface area contributed by atoms with Gasteiger partial charge >= 0.3 is 5.97 Å². The highest BCUT2D eigenvalue weighted by molar-refractivity contribution is 5.92. The fourth-order valence-corrected chi connectivity index (χ4v) is 6.34. The van der Waals surface area contributed by atoms with E-state index in [0.717, 1.165) is 50.7 Å². The summed E-state index contributed by atoms with van der Waals surface area (Å²) < 4.78 is 23.4. The van der Waals surface area contributed by atoms with E-state index < -0.39 is 29.5 Å². The van der Waals surface area contributed by atoms with Gasteiger partial charge in [-0.25, -0.2) is 0 Å². The molecule has 2 aliphatic rings. The molecule has 0 aromatic heterocycles. The van der Waals surface area contributed by atoms with Crippen LogP contribution >= 0.6 is 0 Å². The van der Waals surface area contributed by atoms with Crippen molar-refractivity contribution in [3.63, 3.8) is 0 Å². The van der Waals surface area contributed by atoms with Crippen LogP contribution in [0.2, 0.25) is 0 Å². The van der Waals surface area contributed by atoms with Crippen molar-refractivity contribution in [3.8, 4) is 0 Å². The molecule has 4 atom stereocenters. The van der Waals surface area contributed by atoms with Gasteiger partial charge in [0, 0.05) is 44.3 Å². The van der Waals surface area contributed by atoms with Crippen LogP contribution in [-0.2, 0) is 39.9 Å². The third-order valence-electron chi connectivity index (χ3n) is 8.89. The largest absolute Gasteiger partial charge is 0.468 e. The first-order valence-corrected chi connectivity index (χ1v) is 17.1. The molecule has 2 heterocycles. The van der Waals surface area contributed by atoms with Gasteiger partial charge in [-0.05, 0) is 44.2 Å². The normalized spacial score (nSPS) is 22.9. The van der Waals surface area contributed by atoms with Gasteiger partial charge in [0.15, 0.2) is 0 Å². The number of nitrogens with zero attached hydrogens (tertiary/aromatic N) is 1. The highest BCUT2D eigenvalue weighted by atomic mass is 16.6. The SMILES string of the molecule is CCCCCCCCN1C(=O)[C@@H](CC(=O)NCCCOCCCC)C[C@@]2(C(=O)OC)C1=C[C@H](COCc1ccccc1)O[C@@H]2C. The number of unbranched alkanes of at least 4 members (excludes halogenated alkanes) is 6. The maximum absolute atomic E-state index is 14.1. The number of likely N-dealkylation sites (tertiary alicyclic amines) is 1. The van der Waals surface area contributed by atoms with Crippen molar-refractivity contribution in [2.45, 2.75) is 110 Å². The Kier molecular flexibility index (Phi) is 16.1. The lowest BCUT2D eigenvalue weighted by Crippen LogP contribution is -2.60. The summed E-state index contributed by atoms with van der Waals surface area (Å²) in [5, 5.41) is 2.94. The zero-order valence-corrected chi connectivity index (χ0v) is 28.0. The number of ether oxygens (including phenoxy) is 4. The van der Waals surface area contributed by atoms with Gasteiger partial charge in [-0.15, -0.1) is 0 Å². The summed E-state index contributed by atoms with van der Waals surface area (Å²) in [5.41, 5.74) is 0.486. The summed E-state index contributed by atoms with van der Waals surface area (Å²) in [4.78, 5) is 42.5. The molecule has 0 saturated carbocycles. The number of nitrogens with one attached hydrogen (secondary N) is 1. The Bertz CT molecular complexity index is 1080. The predicted molar refractivity (Wildman–Crippen MR) is 174 cm³/mol. The Balaban J connectivity index is 1.77. The molecule has 1 fully saturated rings. The molecule has 1 aromatic rings. The molecule has 2 amide bonds. The average Bonchev–Trinajstić information content (AvgIpc) is 3.04. The summed E-state index contributed by atoms with van der Waals surface area (Å²) in [6.07, 6.45) is 10.3. The van der Waals surface area contributed by atoms with Gasteiger partial charge in [0.05, 0.1) is 26.4 Å². The van der Waals surface area contributed by atoms with E-state index in [0.29, 0.717) is 38.4 Å². The third-order valence-corrected chi connectivity index (χ3v) is 8.89. The topological polar surface area (TPSA) is 103 Å². The minimum absolute atomic E-state index is 0.00485. The van der Waals surface area contributed by atoms with E-state index in [-0.39, 0.29) is 31.3 Å². The van der Waals surface area contributed by atoms with Gasteiger partial charge in [0.1, 0.15) is 11.5 Å². The zero-order chi connectivity index (χ0) is 32.5. The van der Waals surface area contributed by atoms with E-state index in [9.17, 15) is 14.4 Å². The summed E-state index contributed by atoms with van der Waals surface area (Å²) in [7, 11) is 1.37. The van der Waals surface area contributed by atoms with Gasteiger partial charge in [-0.3, -0.25) is 14.4 Å². The maximum atomic E-state index is 14.1. The van der Waals surface area contributed by atoms with Crippen LogP contribution in [-0.4, -0.2) is 74.9 Å². The highest BCUT2D eigenvalue weighted by Gasteiger charge is 2.59. The molecular formula is C36H56N2O7. The number of fused-ring (bicyclic) bond motifs is 1. The fourth-order valence-electron chi connectivity index (χ4n) is 6.34. The van der Waals surface area contributed by atoms with E-state index in [1.807, 2.05) is 43.3 Å². The van der Waals surface area contributed by atoms with Crippen molar-refractivity contribution in [1.29, 1.82) is 0 Å². The minimum Gasteiger partial charge on any atom is -0.468 e. The van der Waals surface area contributed by atoms with Crippen molar-refractivity contribution < 1.29 is 33.3 Å². The third kappa shape index (κ3) is 10.6. The van der Waals surface area contributed by atoms with E-state index in [4.69, 9.17) is 18.9 Å². The molecule has 3 rings (SSSR count). The maximum Gasteiger partial charge on any atom is 0.320 e. The van der Waals surface area contributed by atoms with Gasteiger partial charge in [-0.1, -0.05) is 82.7 Å². The molecule has 0 bridgehead atoms. The number of piperidine rings is 1. The lowest BCUT2D eigenvalue weighted by atomic mass is 9.66. The standard InChI is InChI=1S/C36H56N2O7/c1-5-7-9-10-11-15-20-38-32-24-31(27-44-26-29-17-13-12-14-18-29)45-28(3)36(32,35(41)42-4)25-30(34(38)40)23-33(39)37-19-16-22-43-21-8-6-2/h12-14,17-18,24,28,30-31H,5-11,15-16,19-23,25-27H2,1-4H3,(H,37,39)/t28-,30+,31-,36+/m1/s1. The Labute approximate surface area is 270 Å². The smallest absolute Gasteiger partial charge is 0.320 e. The molecule has 9 heteroatoms. The minimum atomic E-state index is -1.20. The molecule has 2 aliphatic heterocycles. The van der Waals surface area contributed by atoms with Gasteiger partial charge in [-0.2, -0.15) is 0 Å². The molecule has 9 nitrogen and oxygen atoms in total. The Hall–Kier alpha value is -2.75. The second kappa shape index (κ2) is 19.7. The van der Waals surface area contributed by atoms with Crippen LogP contribution in [0.1, 0.15) is 97.0 Å². The predicted octanol–water partition coefficient (Wildman–Crippen LogP) is 5.96. The molecular weight excluding hydrogens is 572 g/mol. The number of carbonyl (C=O) groups excluding carboxylic acids is 3. The van der Waals surface area contributed by atoms with Crippen molar-refractivity contribution >= 4 is 17.8 Å². The lowest BCUT2D eigenvalue weighted by molar-refractivity contribution is -0.178. The van der Waals surface area contributed by atoms with Crippen LogP contribution in [0.5, 0.6) is 0 Å². The average molecular weight is 629 g/mol. The quantitative estimate of drug-likeness (QED) is 0.132. The molecule has 1 N–H and O–H groups in total. The first kappa shape index (κ1) is 36.7. The molecule has 0 unspecified atom stereocenters. The molecule has 0 spiro atoms. The van der Waals surface area contributed by atoms with E-state index >= 15 is 0 Å². The Morgan fingerprint density at radius 3 is 2.42 bits per heavy atom. The number of carbonyl (C=O) groups is 3. The van der Waals surface area contributed by atoms with Gasteiger partial charge in [0.2, 0.25) is 11.8 Å². The van der Waals surface area contributed by atoms with Crippen LogP contribution in [0.4, 0.5) is 0 Å². The van der Waals surface area contributed by atoms with Crippen LogP contribution < -0.4 is 5.32 Å². The molecule has 252 valence electrons. The van der Waals surface area contributed by atoms with Crippen molar-refractivity contribution in [1.82, 2.24) is 10.2 Å². The number of esters is 1. The summed E-state index contributed by atoms with van der Waals surface area (Å²) in [6, 6.07) is 9.91. The second-order valence-electron chi connectivity index (χ2n) is 12.4. The number of amides is 2. The molecule has 0 radical (unpaired) electrons. The summed E-state index contributed by atoms with van der Waals surface area (Å²) in [5.74, 6) is -1.44. The van der Waals surface area contributed by atoms with E-state index in [1.54, 1.807) is 4.90 Å². The first-order chi connectivity index (χ1) is 21.9. The van der Waals surface area contributed by atoms with Crippen LogP contribution in [0, 0.1) is 11.3 Å². The summed E-state index contributed by atoms with van der Waals surface area (Å²) >= 11 is 0. The fraction of sp³-hybridized carbons (Fsp3) is 0.694.